The molecule has 0 aliphatic rings. The van der Waals surface area contributed by atoms with E-state index in [1.165, 1.54) is 7.11 Å². The summed E-state index contributed by atoms with van der Waals surface area (Å²) in [5.74, 6) is -0.314. The SMILES string of the molecule is COC(=O)c1ccc2[nH]ncc2c1C. The third-order valence-corrected chi connectivity index (χ3v) is 2.30. The molecule has 1 aromatic heterocycles. The molecule has 0 aliphatic heterocycles. The highest BCUT2D eigenvalue weighted by atomic mass is 16.5. The molecule has 0 spiro atoms. The van der Waals surface area contributed by atoms with Gasteiger partial charge in [0.25, 0.3) is 0 Å². The number of methoxy groups -OCH3 is 1. The first-order valence-electron chi connectivity index (χ1n) is 4.25. The first-order valence-corrected chi connectivity index (χ1v) is 4.25. The van der Waals surface area contributed by atoms with Crippen molar-refractivity contribution in [2.45, 2.75) is 6.92 Å². The summed E-state index contributed by atoms with van der Waals surface area (Å²) >= 11 is 0. The number of carbonyl (C=O) groups excluding carboxylic acids is 1. The van der Waals surface area contributed by atoms with Gasteiger partial charge in [0.05, 0.1) is 24.4 Å². The van der Waals surface area contributed by atoms with E-state index in [9.17, 15) is 4.79 Å². The first kappa shape index (κ1) is 8.74. The number of aryl methyl sites for hydroxylation is 1. The number of hydrogen-bond donors (Lipinski definition) is 1. The molecule has 14 heavy (non-hydrogen) atoms. The molecule has 1 aromatic carbocycles. The normalized spacial score (nSPS) is 10.4. The van der Waals surface area contributed by atoms with Crippen LogP contribution in [0.2, 0.25) is 0 Å². The van der Waals surface area contributed by atoms with Gasteiger partial charge in [-0.1, -0.05) is 0 Å². The predicted molar refractivity (Wildman–Crippen MR) is 52.2 cm³/mol. The molecule has 0 aliphatic carbocycles. The van der Waals surface area contributed by atoms with Crippen LogP contribution >= 0.6 is 0 Å². The predicted octanol–water partition coefficient (Wildman–Crippen LogP) is 1.66. The first-order chi connectivity index (χ1) is 6.74. The minimum absolute atomic E-state index is 0.314. The summed E-state index contributed by atoms with van der Waals surface area (Å²) in [6.45, 7) is 1.88. The van der Waals surface area contributed by atoms with Gasteiger partial charge >= 0.3 is 5.97 Å². The van der Waals surface area contributed by atoms with Gasteiger partial charge in [0.1, 0.15) is 0 Å². The van der Waals surface area contributed by atoms with Crippen molar-refractivity contribution >= 4 is 16.9 Å². The zero-order chi connectivity index (χ0) is 10.1. The molecule has 1 heterocycles. The number of H-pyrrole nitrogens is 1. The lowest BCUT2D eigenvalue weighted by Gasteiger charge is -2.03. The zero-order valence-corrected chi connectivity index (χ0v) is 8.00. The Kier molecular flexibility index (Phi) is 1.96. The monoisotopic (exact) mass is 190 g/mol. The van der Waals surface area contributed by atoms with E-state index in [0.29, 0.717) is 5.56 Å². The van der Waals surface area contributed by atoms with Crippen molar-refractivity contribution in [1.29, 1.82) is 0 Å². The van der Waals surface area contributed by atoms with Crippen LogP contribution in [0.25, 0.3) is 10.9 Å². The van der Waals surface area contributed by atoms with Crippen LogP contribution in [0, 0.1) is 6.92 Å². The minimum Gasteiger partial charge on any atom is -0.465 e. The van der Waals surface area contributed by atoms with Gasteiger partial charge in [0.2, 0.25) is 0 Å². The summed E-state index contributed by atoms with van der Waals surface area (Å²) in [5, 5.41) is 7.71. The van der Waals surface area contributed by atoms with E-state index in [1.54, 1.807) is 12.3 Å². The van der Waals surface area contributed by atoms with Gasteiger partial charge in [0.15, 0.2) is 0 Å². The molecule has 72 valence electrons. The second-order valence-electron chi connectivity index (χ2n) is 3.06. The Balaban J connectivity index is 2.67. The van der Waals surface area contributed by atoms with Gasteiger partial charge in [-0.05, 0) is 24.6 Å². The van der Waals surface area contributed by atoms with E-state index < -0.39 is 0 Å². The fourth-order valence-electron chi connectivity index (χ4n) is 1.49. The number of carbonyl (C=O) groups is 1. The summed E-state index contributed by atoms with van der Waals surface area (Å²) in [6.07, 6.45) is 1.71. The van der Waals surface area contributed by atoms with Crippen molar-refractivity contribution in [1.82, 2.24) is 10.2 Å². The van der Waals surface area contributed by atoms with Crippen LogP contribution in [-0.2, 0) is 4.74 Å². The molecule has 0 amide bonds. The van der Waals surface area contributed by atoms with E-state index in [1.807, 2.05) is 13.0 Å². The third-order valence-electron chi connectivity index (χ3n) is 2.30. The Hall–Kier alpha value is -1.84. The molecule has 0 saturated heterocycles. The Morgan fingerprint density at radius 3 is 3.00 bits per heavy atom. The fourth-order valence-corrected chi connectivity index (χ4v) is 1.49. The summed E-state index contributed by atoms with van der Waals surface area (Å²) in [4.78, 5) is 11.3. The van der Waals surface area contributed by atoms with E-state index in [2.05, 4.69) is 14.9 Å². The Bertz CT molecular complexity index is 488. The maximum Gasteiger partial charge on any atom is 0.338 e. The van der Waals surface area contributed by atoms with Crippen molar-refractivity contribution in [3.05, 3.63) is 29.5 Å². The van der Waals surface area contributed by atoms with Crippen molar-refractivity contribution in [2.24, 2.45) is 0 Å². The summed E-state index contributed by atoms with van der Waals surface area (Å²) in [6, 6.07) is 3.56. The molecule has 0 atom stereocenters. The van der Waals surface area contributed by atoms with Gasteiger partial charge in [-0.15, -0.1) is 0 Å². The molecule has 1 N–H and O–H groups in total. The number of nitrogens with zero attached hydrogens (tertiary/aromatic N) is 1. The highest BCUT2D eigenvalue weighted by molar-refractivity contribution is 5.97. The second kappa shape index (κ2) is 3.14. The van der Waals surface area contributed by atoms with Crippen molar-refractivity contribution in [3.8, 4) is 0 Å². The molecule has 0 saturated carbocycles. The molecule has 2 aromatic rings. The summed E-state index contributed by atoms with van der Waals surface area (Å²) < 4.78 is 4.67. The van der Waals surface area contributed by atoms with Crippen molar-refractivity contribution in [2.75, 3.05) is 7.11 Å². The molecule has 0 radical (unpaired) electrons. The number of aromatic nitrogens is 2. The molecule has 0 unspecified atom stereocenters. The molecule has 0 fully saturated rings. The average Bonchev–Trinajstić information content (AvgIpc) is 2.66. The van der Waals surface area contributed by atoms with Crippen molar-refractivity contribution < 1.29 is 9.53 Å². The number of benzene rings is 1. The molecule has 4 nitrogen and oxygen atoms in total. The van der Waals surface area contributed by atoms with Crippen LogP contribution in [0.5, 0.6) is 0 Å². The number of esters is 1. The van der Waals surface area contributed by atoms with Crippen LogP contribution in [0.3, 0.4) is 0 Å². The zero-order valence-electron chi connectivity index (χ0n) is 8.00. The van der Waals surface area contributed by atoms with Crippen molar-refractivity contribution in [3.63, 3.8) is 0 Å². The maximum absolute atomic E-state index is 11.3. The number of aromatic amines is 1. The fraction of sp³-hybridized carbons (Fsp3) is 0.200. The maximum atomic E-state index is 11.3. The number of hydrogen-bond acceptors (Lipinski definition) is 3. The second-order valence-corrected chi connectivity index (χ2v) is 3.06. The average molecular weight is 190 g/mol. The van der Waals surface area contributed by atoms with Crippen LogP contribution in [0.15, 0.2) is 18.3 Å². The Morgan fingerprint density at radius 1 is 1.50 bits per heavy atom. The van der Waals surface area contributed by atoms with Crippen LogP contribution < -0.4 is 0 Å². The van der Waals surface area contributed by atoms with Gasteiger partial charge in [-0.25, -0.2) is 4.79 Å². The molecule has 4 heteroatoms. The molecular weight excluding hydrogens is 180 g/mol. The largest absolute Gasteiger partial charge is 0.465 e. The molecule has 0 bridgehead atoms. The lowest BCUT2D eigenvalue weighted by Crippen LogP contribution is -2.03. The van der Waals surface area contributed by atoms with Crippen LogP contribution in [0.4, 0.5) is 0 Å². The third kappa shape index (κ3) is 1.16. The van der Waals surface area contributed by atoms with E-state index in [0.717, 1.165) is 16.5 Å². The quantitative estimate of drug-likeness (QED) is 0.696. The van der Waals surface area contributed by atoms with Gasteiger partial charge < -0.3 is 4.74 Å². The number of fused-ring (bicyclic) bond motifs is 1. The summed E-state index contributed by atoms with van der Waals surface area (Å²) in [7, 11) is 1.38. The van der Waals surface area contributed by atoms with Gasteiger partial charge in [-0.2, -0.15) is 5.10 Å². The van der Waals surface area contributed by atoms with E-state index in [-0.39, 0.29) is 5.97 Å². The minimum atomic E-state index is -0.314. The lowest BCUT2D eigenvalue weighted by molar-refractivity contribution is 0.0600. The van der Waals surface area contributed by atoms with Gasteiger partial charge in [0, 0.05) is 5.39 Å². The molecule has 2 rings (SSSR count). The summed E-state index contributed by atoms with van der Waals surface area (Å²) in [5.41, 5.74) is 2.40. The number of rotatable bonds is 1. The van der Waals surface area contributed by atoms with Gasteiger partial charge in [-0.3, -0.25) is 5.10 Å². The van der Waals surface area contributed by atoms with Crippen LogP contribution in [0.1, 0.15) is 15.9 Å². The Labute approximate surface area is 80.9 Å². The highest BCUT2D eigenvalue weighted by Crippen LogP contribution is 2.20. The number of ether oxygens (including phenoxy) is 1. The number of nitrogens with one attached hydrogen (secondary N) is 1. The smallest absolute Gasteiger partial charge is 0.338 e. The van der Waals surface area contributed by atoms with Crippen LogP contribution in [-0.4, -0.2) is 23.3 Å². The topological polar surface area (TPSA) is 55.0 Å². The Morgan fingerprint density at radius 2 is 2.29 bits per heavy atom. The van der Waals surface area contributed by atoms with E-state index in [4.69, 9.17) is 0 Å². The lowest BCUT2D eigenvalue weighted by atomic mass is 10.1. The molecular formula is C10H10N2O2. The highest BCUT2D eigenvalue weighted by Gasteiger charge is 2.11. The standard InChI is InChI=1S/C10H10N2O2/c1-6-7(10(13)14-2)3-4-9-8(6)5-11-12-9/h3-5H,1-2H3,(H,11,12). The van der Waals surface area contributed by atoms with E-state index >= 15 is 0 Å².